The van der Waals surface area contributed by atoms with Crippen molar-refractivity contribution in [2.24, 2.45) is 0 Å². The van der Waals surface area contributed by atoms with Crippen LogP contribution in [0.3, 0.4) is 0 Å². The maximum absolute atomic E-state index is 12.4. The first-order valence-electron chi connectivity index (χ1n) is 9.79. The first-order valence-corrected chi connectivity index (χ1v) is 9.79. The summed E-state index contributed by atoms with van der Waals surface area (Å²) in [6.07, 6.45) is 0. The van der Waals surface area contributed by atoms with Gasteiger partial charge in [0.15, 0.2) is 12.3 Å². The summed E-state index contributed by atoms with van der Waals surface area (Å²) in [6.45, 7) is 11.3. The molecule has 0 radical (unpaired) electrons. The van der Waals surface area contributed by atoms with Crippen molar-refractivity contribution in [3.63, 3.8) is 0 Å². The van der Waals surface area contributed by atoms with Crippen LogP contribution in [0.4, 0.5) is 5.69 Å². The number of anilines is 1. The van der Waals surface area contributed by atoms with Gasteiger partial charge >= 0.3 is 0 Å². The molecule has 1 fully saturated rings. The predicted molar refractivity (Wildman–Crippen MR) is 110 cm³/mol. The molecular formula is C21H33N4O3+. The molecule has 1 saturated heterocycles. The number of likely N-dealkylation sites (N-methyl/N-ethyl adjacent to an activating group) is 1. The minimum atomic E-state index is -0.300. The van der Waals surface area contributed by atoms with E-state index >= 15 is 0 Å². The number of piperazine rings is 1. The highest BCUT2D eigenvalue weighted by molar-refractivity contribution is 5.94. The molecule has 0 unspecified atom stereocenters. The molecule has 7 nitrogen and oxygen atoms in total. The second kappa shape index (κ2) is 9.19. The summed E-state index contributed by atoms with van der Waals surface area (Å²) < 4.78 is 0. The van der Waals surface area contributed by atoms with E-state index in [9.17, 15) is 14.4 Å². The Labute approximate surface area is 167 Å². The molecule has 2 rings (SSSR count). The van der Waals surface area contributed by atoms with Gasteiger partial charge in [-0.25, -0.2) is 0 Å². The summed E-state index contributed by atoms with van der Waals surface area (Å²) in [5.41, 5.74) is 1.52. The molecule has 1 aromatic rings. The maximum atomic E-state index is 12.4. The van der Waals surface area contributed by atoms with Gasteiger partial charge in [-0.2, -0.15) is 0 Å². The minimum Gasteiger partial charge on any atom is -0.360 e. The zero-order valence-corrected chi connectivity index (χ0v) is 17.7. The van der Waals surface area contributed by atoms with Gasteiger partial charge in [0.1, 0.15) is 0 Å². The third kappa shape index (κ3) is 6.64. The molecule has 2 amide bonds. The third-order valence-electron chi connectivity index (χ3n) is 4.83. The number of carbonyl (C=O) groups is 3. The molecule has 0 aromatic heterocycles. The van der Waals surface area contributed by atoms with Gasteiger partial charge in [-0.1, -0.05) is 0 Å². The zero-order chi connectivity index (χ0) is 20.9. The third-order valence-corrected chi connectivity index (χ3v) is 4.83. The lowest BCUT2D eigenvalue weighted by Crippen LogP contribution is -3.15. The highest BCUT2D eigenvalue weighted by atomic mass is 16.2. The van der Waals surface area contributed by atoms with Gasteiger partial charge in [-0.05, 0) is 52.0 Å². The lowest BCUT2D eigenvalue weighted by atomic mass is 10.1. The van der Waals surface area contributed by atoms with Crippen LogP contribution < -0.4 is 15.1 Å². The molecule has 0 aliphatic carbocycles. The number of nitrogens with one attached hydrogen (secondary N) is 2. The van der Waals surface area contributed by atoms with E-state index in [2.05, 4.69) is 10.2 Å². The normalized spacial score (nSPS) is 15.2. The molecule has 1 aliphatic rings. The largest absolute Gasteiger partial charge is 0.360 e. The van der Waals surface area contributed by atoms with Crippen LogP contribution in [-0.4, -0.2) is 74.4 Å². The zero-order valence-electron chi connectivity index (χ0n) is 17.7. The first kappa shape index (κ1) is 21.9. The van der Waals surface area contributed by atoms with Crippen molar-refractivity contribution >= 4 is 23.3 Å². The number of Topliss-reactive ketones (excluding diaryl/α,β-unsaturated/α-hetero) is 1. The molecule has 0 atom stereocenters. The monoisotopic (exact) mass is 389 g/mol. The number of amides is 2. The van der Waals surface area contributed by atoms with E-state index < -0.39 is 0 Å². The summed E-state index contributed by atoms with van der Waals surface area (Å²) in [7, 11) is 1.68. The molecule has 1 aromatic carbocycles. The summed E-state index contributed by atoms with van der Waals surface area (Å²) in [4.78, 5) is 40.8. The van der Waals surface area contributed by atoms with E-state index in [1.54, 1.807) is 14.0 Å². The van der Waals surface area contributed by atoms with Crippen LogP contribution in [0, 0.1) is 0 Å². The summed E-state index contributed by atoms with van der Waals surface area (Å²) >= 11 is 0. The van der Waals surface area contributed by atoms with Crippen molar-refractivity contribution in [3.05, 3.63) is 29.8 Å². The maximum Gasteiger partial charge on any atom is 0.277 e. The summed E-state index contributed by atoms with van der Waals surface area (Å²) in [5, 5.41) is 2.88. The Hall–Kier alpha value is -2.41. The van der Waals surface area contributed by atoms with E-state index in [0.29, 0.717) is 6.54 Å². The van der Waals surface area contributed by atoms with Gasteiger partial charge in [0.05, 0.1) is 32.7 Å². The quantitative estimate of drug-likeness (QED) is 0.670. The Morgan fingerprint density at radius 2 is 1.68 bits per heavy atom. The van der Waals surface area contributed by atoms with Crippen molar-refractivity contribution in [2.75, 3.05) is 51.2 Å². The van der Waals surface area contributed by atoms with E-state index in [0.717, 1.165) is 37.4 Å². The number of carbonyl (C=O) groups excluding carboxylic acids is 3. The first-order chi connectivity index (χ1) is 13.0. The highest BCUT2D eigenvalue weighted by Gasteiger charge is 2.25. The van der Waals surface area contributed by atoms with Crippen molar-refractivity contribution in [2.45, 2.75) is 33.2 Å². The number of benzene rings is 1. The Balaban J connectivity index is 1.79. The standard InChI is InChI=1S/C21H32N4O3/c1-16(26)17-6-8-18(9-7-17)25-12-10-24(11-13-25)15-20(28)23(5)14-19(27)22-21(2,3)4/h6-9H,10-15H2,1-5H3,(H,22,27)/p+1. The molecule has 1 aliphatic heterocycles. The van der Waals surface area contributed by atoms with Gasteiger partial charge in [-0.3, -0.25) is 14.4 Å². The number of quaternary nitrogens is 1. The van der Waals surface area contributed by atoms with Crippen LogP contribution >= 0.6 is 0 Å². The van der Waals surface area contributed by atoms with Crippen molar-refractivity contribution in [1.29, 1.82) is 0 Å². The Bertz CT molecular complexity index is 701. The molecule has 154 valence electrons. The highest BCUT2D eigenvalue weighted by Crippen LogP contribution is 2.15. The molecule has 7 heteroatoms. The molecule has 0 spiro atoms. The van der Waals surface area contributed by atoms with E-state index in [1.807, 2.05) is 45.0 Å². The van der Waals surface area contributed by atoms with Crippen molar-refractivity contribution in [3.8, 4) is 0 Å². The lowest BCUT2D eigenvalue weighted by molar-refractivity contribution is -0.892. The SMILES string of the molecule is CC(=O)c1ccc(N2CC[NH+](CC(=O)N(C)CC(=O)NC(C)(C)C)CC2)cc1. The van der Waals surface area contributed by atoms with E-state index in [1.165, 1.54) is 9.80 Å². The smallest absolute Gasteiger partial charge is 0.277 e. The topological polar surface area (TPSA) is 74.2 Å². The van der Waals surface area contributed by atoms with Gasteiger partial charge in [-0.15, -0.1) is 0 Å². The fourth-order valence-corrected chi connectivity index (χ4v) is 3.28. The Kier molecular flexibility index (Phi) is 7.18. The summed E-state index contributed by atoms with van der Waals surface area (Å²) in [5.74, 6) is -0.0878. The van der Waals surface area contributed by atoms with Crippen molar-refractivity contribution < 1.29 is 19.3 Å². The fraction of sp³-hybridized carbons (Fsp3) is 0.571. The number of ketones is 1. The Morgan fingerprint density at radius 3 is 2.18 bits per heavy atom. The Morgan fingerprint density at radius 1 is 1.11 bits per heavy atom. The second-order valence-electron chi connectivity index (χ2n) is 8.56. The molecule has 0 saturated carbocycles. The molecule has 28 heavy (non-hydrogen) atoms. The average molecular weight is 390 g/mol. The number of hydrogen-bond donors (Lipinski definition) is 2. The van der Waals surface area contributed by atoms with E-state index in [-0.39, 0.29) is 29.7 Å². The molecule has 1 heterocycles. The van der Waals surface area contributed by atoms with E-state index in [4.69, 9.17) is 0 Å². The van der Waals surface area contributed by atoms with Crippen LogP contribution in [0.1, 0.15) is 38.1 Å². The van der Waals surface area contributed by atoms with Crippen LogP contribution in [0.2, 0.25) is 0 Å². The van der Waals surface area contributed by atoms with Crippen LogP contribution in [0.25, 0.3) is 0 Å². The lowest BCUT2D eigenvalue weighted by Gasteiger charge is -2.34. The average Bonchev–Trinajstić information content (AvgIpc) is 2.60. The van der Waals surface area contributed by atoms with Gasteiger partial charge in [0.2, 0.25) is 5.91 Å². The predicted octanol–water partition coefficient (Wildman–Crippen LogP) is -0.0328. The minimum absolute atomic E-state index is 0.0154. The van der Waals surface area contributed by atoms with Gasteiger partial charge in [0, 0.05) is 23.8 Å². The van der Waals surface area contributed by atoms with Crippen LogP contribution in [-0.2, 0) is 9.59 Å². The summed E-state index contributed by atoms with van der Waals surface area (Å²) in [6, 6.07) is 7.68. The molecule has 2 N–H and O–H groups in total. The molecule has 0 bridgehead atoms. The van der Waals surface area contributed by atoms with Crippen molar-refractivity contribution in [1.82, 2.24) is 10.2 Å². The number of nitrogens with zero attached hydrogens (tertiary/aromatic N) is 2. The second-order valence-corrected chi connectivity index (χ2v) is 8.56. The number of rotatable bonds is 6. The fourth-order valence-electron chi connectivity index (χ4n) is 3.28. The van der Waals surface area contributed by atoms with Gasteiger partial charge in [0.25, 0.3) is 5.91 Å². The number of hydrogen-bond acceptors (Lipinski definition) is 4. The van der Waals surface area contributed by atoms with Crippen LogP contribution in [0.15, 0.2) is 24.3 Å². The van der Waals surface area contributed by atoms with Crippen LogP contribution in [0.5, 0.6) is 0 Å². The van der Waals surface area contributed by atoms with Gasteiger partial charge < -0.3 is 20.0 Å². The molecular weight excluding hydrogens is 356 g/mol.